The van der Waals surface area contributed by atoms with Crippen LogP contribution in [0.4, 0.5) is 0 Å². The number of hydrogen-bond acceptors (Lipinski definition) is 10. The third kappa shape index (κ3) is 3.61. The Morgan fingerprint density at radius 2 is 1.91 bits per heavy atom. The van der Waals surface area contributed by atoms with Gasteiger partial charge in [-0.25, -0.2) is 4.98 Å². The second-order valence-corrected chi connectivity index (χ2v) is 8.83. The molecule has 0 unspecified atom stereocenters. The molecule has 0 saturated heterocycles. The standard InChI is InChI=1S/C23H20N4O6S/c1-29-13-5-6-14(17(7-13)30-2)21-25-20(33-26-21)10-34-23-24-16-9-19-18(31-11-32-19)8-15(16)22(28)27(23)12-3-4-12/h5-9,12H,3-4,10-11H2,1-2H3. The van der Waals surface area contributed by atoms with Crippen molar-refractivity contribution in [1.82, 2.24) is 19.7 Å². The summed E-state index contributed by atoms with van der Waals surface area (Å²) in [6, 6.07) is 9.01. The van der Waals surface area contributed by atoms with Crippen LogP contribution in [0.3, 0.4) is 0 Å². The average Bonchev–Trinajstić information content (AvgIpc) is 3.39. The highest BCUT2D eigenvalue weighted by Gasteiger charge is 2.30. The molecule has 0 spiro atoms. The molecule has 3 heterocycles. The normalized spacial score (nSPS) is 14.5. The lowest BCUT2D eigenvalue weighted by atomic mass is 10.2. The van der Waals surface area contributed by atoms with Crippen LogP contribution in [0, 0.1) is 0 Å². The molecule has 174 valence electrons. The maximum atomic E-state index is 13.3. The van der Waals surface area contributed by atoms with Crippen molar-refractivity contribution in [2.45, 2.75) is 29.8 Å². The molecular formula is C23H20N4O6S. The van der Waals surface area contributed by atoms with Gasteiger partial charge < -0.3 is 23.5 Å². The van der Waals surface area contributed by atoms with Crippen LogP contribution in [0.1, 0.15) is 24.8 Å². The van der Waals surface area contributed by atoms with Gasteiger partial charge in [0.2, 0.25) is 18.5 Å². The van der Waals surface area contributed by atoms with Gasteiger partial charge >= 0.3 is 0 Å². The van der Waals surface area contributed by atoms with Gasteiger partial charge in [0.25, 0.3) is 5.56 Å². The molecule has 0 N–H and O–H groups in total. The summed E-state index contributed by atoms with van der Waals surface area (Å²) in [7, 11) is 3.17. The molecule has 1 fully saturated rings. The Morgan fingerprint density at radius 1 is 1.09 bits per heavy atom. The third-order valence-corrected chi connectivity index (χ3v) is 6.65. The minimum Gasteiger partial charge on any atom is -0.497 e. The summed E-state index contributed by atoms with van der Waals surface area (Å²) in [5.74, 6) is 3.60. The topological polar surface area (TPSA) is 111 Å². The zero-order valence-electron chi connectivity index (χ0n) is 18.4. The van der Waals surface area contributed by atoms with E-state index in [0.717, 1.165) is 12.8 Å². The summed E-state index contributed by atoms with van der Waals surface area (Å²) >= 11 is 1.39. The number of methoxy groups -OCH3 is 2. The number of thioether (sulfide) groups is 1. The SMILES string of the molecule is COc1ccc(-c2noc(CSc3nc4cc5c(cc4c(=O)n3C3CC3)OCO5)n2)c(OC)c1. The zero-order valence-corrected chi connectivity index (χ0v) is 19.3. The van der Waals surface area contributed by atoms with Gasteiger partial charge in [-0.3, -0.25) is 9.36 Å². The Kier molecular flexibility index (Phi) is 5.05. The van der Waals surface area contributed by atoms with Crippen LogP contribution < -0.4 is 24.5 Å². The lowest BCUT2D eigenvalue weighted by Gasteiger charge is -2.12. The second kappa shape index (κ2) is 8.24. The van der Waals surface area contributed by atoms with E-state index in [4.69, 9.17) is 28.5 Å². The van der Waals surface area contributed by atoms with Crippen molar-refractivity contribution in [2.24, 2.45) is 0 Å². The number of fused-ring (bicyclic) bond motifs is 2. The van der Waals surface area contributed by atoms with Gasteiger partial charge in [0.15, 0.2) is 16.7 Å². The molecule has 11 heteroatoms. The molecule has 1 saturated carbocycles. The molecule has 0 bridgehead atoms. The molecule has 1 aliphatic heterocycles. The molecule has 2 aliphatic rings. The molecule has 10 nitrogen and oxygen atoms in total. The lowest BCUT2D eigenvalue weighted by molar-refractivity contribution is 0.174. The number of benzene rings is 2. The van der Waals surface area contributed by atoms with E-state index in [0.29, 0.717) is 62.1 Å². The maximum Gasteiger partial charge on any atom is 0.262 e. The molecule has 1 aliphatic carbocycles. The number of aromatic nitrogens is 4. The monoisotopic (exact) mass is 480 g/mol. The Bertz CT molecular complexity index is 1460. The van der Waals surface area contributed by atoms with Gasteiger partial charge in [0.1, 0.15) is 11.5 Å². The highest BCUT2D eigenvalue weighted by Crippen LogP contribution is 2.40. The Hall–Kier alpha value is -3.73. The lowest BCUT2D eigenvalue weighted by Crippen LogP contribution is -2.22. The van der Waals surface area contributed by atoms with Crippen molar-refractivity contribution < 1.29 is 23.5 Å². The first-order valence-corrected chi connectivity index (χ1v) is 11.7. The van der Waals surface area contributed by atoms with Crippen molar-refractivity contribution >= 4 is 22.7 Å². The fourth-order valence-electron chi connectivity index (χ4n) is 3.86. The molecule has 2 aromatic carbocycles. The highest BCUT2D eigenvalue weighted by atomic mass is 32.2. The van der Waals surface area contributed by atoms with Crippen LogP contribution in [0.2, 0.25) is 0 Å². The van der Waals surface area contributed by atoms with E-state index < -0.39 is 0 Å². The minimum atomic E-state index is -0.0810. The smallest absolute Gasteiger partial charge is 0.262 e. The number of hydrogen-bond donors (Lipinski definition) is 0. The van der Waals surface area contributed by atoms with Crippen LogP contribution in [-0.4, -0.2) is 40.7 Å². The van der Waals surface area contributed by atoms with E-state index >= 15 is 0 Å². The fourth-order valence-corrected chi connectivity index (χ4v) is 4.76. The third-order valence-electron chi connectivity index (χ3n) is 5.72. The second-order valence-electron chi connectivity index (χ2n) is 7.89. The Balaban J connectivity index is 1.30. The van der Waals surface area contributed by atoms with Crippen LogP contribution in [0.25, 0.3) is 22.3 Å². The van der Waals surface area contributed by atoms with Gasteiger partial charge in [-0.05, 0) is 31.0 Å². The van der Waals surface area contributed by atoms with Crippen LogP contribution >= 0.6 is 11.8 Å². The molecule has 0 radical (unpaired) electrons. The van der Waals surface area contributed by atoms with Crippen LogP contribution in [0.15, 0.2) is 44.8 Å². The predicted octanol–water partition coefficient (Wildman–Crippen LogP) is 3.82. The molecule has 4 aromatic rings. The summed E-state index contributed by atoms with van der Waals surface area (Å²) < 4.78 is 28.8. The largest absolute Gasteiger partial charge is 0.497 e. The Labute approximate surface area is 197 Å². The summed E-state index contributed by atoms with van der Waals surface area (Å²) in [6.45, 7) is 0.141. The fraction of sp³-hybridized carbons (Fsp3) is 0.304. The first kappa shape index (κ1) is 20.8. The summed E-state index contributed by atoms with van der Waals surface area (Å²) in [6.07, 6.45) is 1.90. The molecule has 6 rings (SSSR count). The average molecular weight is 481 g/mol. The van der Waals surface area contributed by atoms with E-state index in [2.05, 4.69) is 10.1 Å². The molecule has 0 atom stereocenters. The molecule has 2 aromatic heterocycles. The predicted molar refractivity (Wildman–Crippen MR) is 123 cm³/mol. The zero-order chi connectivity index (χ0) is 23.2. The number of nitrogens with zero attached hydrogens (tertiary/aromatic N) is 4. The maximum absolute atomic E-state index is 13.3. The van der Waals surface area contributed by atoms with Crippen molar-refractivity contribution in [1.29, 1.82) is 0 Å². The van der Waals surface area contributed by atoms with Crippen molar-refractivity contribution in [3.05, 3.63) is 46.6 Å². The molecule has 34 heavy (non-hydrogen) atoms. The van der Waals surface area contributed by atoms with Gasteiger partial charge in [-0.2, -0.15) is 4.98 Å². The van der Waals surface area contributed by atoms with Crippen molar-refractivity contribution in [3.63, 3.8) is 0 Å². The van der Waals surface area contributed by atoms with E-state index in [1.807, 2.05) is 12.1 Å². The van der Waals surface area contributed by atoms with E-state index in [9.17, 15) is 4.79 Å². The highest BCUT2D eigenvalue weighted by molar-refractivity contribution is 7.98. The van der Waals surface area contributed by atoms with Gasteiger partial charge in [-0.15, -0.1) is 0 Å². The van der Waals surface area contributed by atoms with Crippen molar-refractivity contribution in [2.75, 3.05) is 21.0 Å². The van der Waals surface area contributed by atoms with Crippen LogP contribution in [0.5, 0.6) is 23.0 Å². The molecule has 0 amide bonds. The first-order valence-electron chi connectivity index (χ1n) is 10.7. The summed E-state index contributed by atoms with van der Waals surface area (Å²) in [5.41, 5.74) is 1.18. The summed E-state index contributed by atoms with van der Waals surface area (Å²) in [4.78, 5) is 22.6. The van der Waals surface area contributed by atoms with E-state index in [1.165, 1.54) is 11.8 Å². The van der Waals surface area contributed by atoms with E-state index in [-0.39, 0.29) is 18.4 Å². The van der Waals surface area contributed by atoms with E-state index in [1.54, 1.807) is 37.0 Å². The Morgan fingerprint density at radius 3 is 2.68 bits per heavy atom. The number of ether oxygens (including phenoxy) is 4. The number of rotatable bonds is 7. The van der Waals surface area contributed by atoms with Gasteiger partial charge in [0, 0.05) is 18.2 Å². The van der Waals surface area contributed by atoms with Crippen molar-refractivity contribution in [3.8, 4) is 34.4 Å². The minimum absolute atomic E-state index is 0.0810. The van der Waals surface area contributed by atoms with Gasteiger partial charge in [0.05, 0.1) is 36.4 Å². The quantitative estimate of drug-likeness (QED) is 0.286. The van der Waals surface area contributed by atoms with Gasteiger partial charge in [-0.1, -0.05) is 16.9 Å². The van der Waals surface area contributed by atoms with Crippen LogP contribution in [-0.2, 0) is 5.75 Å². The molecular weight excluding hydrogens is 460 g/mol. The summed E-state index contributed by atoms with van der Waals surface area (Å²) in [5, 5.41) is 5.23. The first-order chi connectivity index (χ1) is 16.6.